The first kappa shape index (κ1) is 5.19. The molecule has 0 aromatic heterocycles. The van der Waals surface area contributed by atoms with Gasteiger partial charge in [0, 0.05) is 6.20 Å². The first-order chi connectivity index (χ1) is 2.91. The van der Waals surface area contributed by atoms with Crippen LogP contribution in [0.15, 0.2) is 23.8 Å². The summed E-state index contributed by atoms with van der Waals surface area (Å²) in [6.07, 6.45) is 3.45. The molecule has 0 aromatic rings. The van der Waals surface area contributed by atoms with Crippen LogP contribution >= 0.6 is 0 Å². The van der Waals surface area contributed by atoms with E-state index in [0.29, 0.717) is 0 Å². The smallest absolute Gasteiger partial charge is 0.0325 e. The second-order valence-electron chi connectivity index (χ2n) is 0.770. The lowest BCUT2D eigenvalue weighted by Gasteiger charge is -1.58. The van der Waals surface area contributed by atoms with Crippen LogP contribution in [0.3, 0.4) is 0 Å². The Morgan fingerprint density at radius 1 is 1.83 bits per heavy atom. The van der Waals surface area contributed by atoms with Crippen molar-refractivity contribution in [1.29, 1.82) is 0 Å². The Balaban J connectivity index is 3.33. The van der Waals surface area contributed by atoms with Gasteiger partial charge in [-0.15, -0.1) is 0 Å². The van der Waals surface area contributed by atoms with Crippen molar-refractivity contribution in [3.8, 4) is 0 Å². The predicted molar refractivity (Wildman–Crippen MR) is 27.9 cm³/mol. The minimum Gasteiger partial charge on any atom is -0.215 e. The Hall–Kier alpha value is -0.810. The molecule has 0 radical (unpaired) electrons. The summed E-state index contributed by atoms with van der Waals surface area (Å²) < 4.78 is 0. The summed E-state index contributed by atoms with van der Waals surface area (Å²) in [7, 11) is 0. The largest absolute Gasteiger partial charge is 0.215 e. The maximum atomic E-state index is 3.55. The lowest BCUT2D eigenvalue weighted by molar-refractivity contribution is 1.56. The molecule has 0 bridgehead atoms. The number of hydrogen-bond donors (Lipinski definition) is 0. The summed E-state index contributed by atoms with van der Waals surface area (Å²) in [6.45, 7) is 5.14. The second kappa shape index (κ2) is 4.19. The average molecular weight is 81.1 g/mol. The Labute approximate surface area is 37.7 Å². The van der Waals surface area contributed by atoms with Gasteiger partial charge in [0.15, 0.2) is 0 Å². The van der Waals surface area contributed by atoms with E-state index in [9.17, 15) is 0 Å². The monoisotopic (exact) mass is 81.1 g/mol. The average Bonchev–Trinajstić information content (AvgIpc) is 1.61. The van der Waals surface area contributed by atoms with Crippen LogP contribution in [-0.2, 0) is 0 Å². The van der Waals surface area contributed by atoms with Gasteiger partial charge in [0.05, 0.1) is 0 Å². The topological polar surface area (TPSA) is 12.4 Å². The third-order valence-corrected chi connectivity index (χ3v) is 0.315. The molecule has 0 aliphatic carbocycles. The number of aliphatic imine (C=N–C) groups is 1. The Bertz CT molecular complexity index is 86.1. The van der Waals surface area contributed by atoms with E-state index in [4.69, 9.17) is 0 Å². The van der Waals surface area contributed by atoms with Gasteiger partial charge in [0.2, 0.25) is 0 Å². The summed E-state index contributed by atoms with van der Waals surface area (Å²) in [4.78, 5) is 3.55. The van der Waals surface area contributed by atoms with E-state index >= 15 is 0 Å². The van der Waals surface area contributed by atoms with Crippen LogP contribution in [0.5, 0.6) is 0 Å². The fourth-order valence-electron chi connectivity index (χ4n) is 0.127. The molecule has 0 N–H and O–H groups in total. The number of hydrogen-bond acceptors (Lipinski definition) is 1. The van der Waals surface area contributed by atoms with Crippen molar-refractivity contribution < 1.29 is 0 Å². The summed E-state index contributed by atoms with van der Waals surface area (Å²) in [5, 5.41) is 0. The van der Waals surface area contributed by atoms with Crippen LogP contribution < -0.4 is 0 Å². The molecule has 0 amide bonds. The summed E-state index contributed by atoms with van der Waals surface area (Å²) >= 11 is 0. The lowest BCUT2D eigenvalue weighted by Crippen LogP contribution is -1.41. The number of allylic oxidation sites excluding steroid dienone is 1. The number of rotatable bonds is 1. The van der Waals surface area contributed by atoms with Gasteiger partial charge in [0.25, 0.3) is 0 Å². The summed E-state index contributed by atoms with van der Waals surface area (Å²) in [5.41, 5.74) is 0. The van der Waals surface area contributed by atoms with Gasteiger partial charge in [-0.2, -0.15) is 0 Å². The molecule has 0 unspecified atom stereocenters. The van der Waals surface area contributed by atoms with Crippen molar-refractivity contribution in [1.82, 2.24) is 0 Å². The first-order valence-corrected chi connectivity index (χ1v) is 1.75. The lowest BCUT2D eigenvalue weighted by atomic mass is 10.7. The zero-order valence-electron chi connectivity index (χ0n) is 3.81. The van der Waals surface area contributed by atoms with Gasteiger partial charge in [-0.3, -0.25) is 0 Å². The summed E-state index contributed by atoms with van der Waals surface area (Å²) in [6, 6.07) is 0. The van der Waals surface area contributed by atoms with Crippen LogP contribution in [0.4, 0.5) is 0 Å². The highest BCUT2D eigenvalue weighted by molar-refractivity contribution is 5.47. The van der Waals surface area contributed by atoms with E-state index in [1.807, 2.05) is 13.0 Å². The molecule has 0 fully saturated rings. The van der Waals surface area contributed by atoms with Crippen LogP contribution in [-0.4, -0.2) is 5.87 Å². The Morgan fingerprint density at radius 2 is 2.50 bits per heavy atom. The molecule has 0 heterocycles. The molecule has 0 saturated carbocycles. The van der Waals surface area contributed by atoms with E-state index in [0.717, 1.165) is 0 Å². The third kappa shape index (κ3) is 3.19. The Morgan fingerprint density at radius 3 is 2.67 bits per heavy atom. The zero-order valence-corrected chi connectivity index (χ0v) is 3.81. The molecule has 0 rings (SSSR count). The van der Waals surface area contributed by atoms with E-state index in [1.165, 1.54) is 0 Å². The third-order valence-electron chi connectivity index (χ3n) is 0.315. The maximum Gasteiger partial charge on any atom is 0.0325 e. The normalized spacial score (nSPS) is 8.17. The van der Waals surface area contributed by atoms with Gasteiger partial charge in [-0.1, -0.05) is 6.08 Å². The minimum absolute atomic E-state index is 1.63. The standard InChI is InChI=1S/C5H7N/c1-3-5-6-4-2/h3,5H,2H2,1H3/b5-3-. The molecular weight excluding hydrogens is 74.1 g/mol. The fourth-order valence-corrected chi connectivity index (χ4v) is 0.127. The van der Waals surface area contributed by atoms with Crippen LogP contribution in [0, 0.1) is 0 Å². The second-order valence-corrected chi connectivity index (χ2v) is 0.770. The van der Waals surface area contributed by atoms with Crippen LogP contribution in [0.2, 0.25) is 0 Å². The van der Waals surface area contributed by atoms with Gasteiger partial charge in [-0.25, -0.2) is 4.99 Å². The molecule has 0 aromatic carbocycles. The molecule has 6 heavy (non-hydrogen) atoms. The van der Waals surface area contributed by atoms with Crippen molar-refractivity contribution in [2.24, 2.45) is 4.99 Å². The minimum atomic E-state index is 1.63. The van der Waals surface area contributed by atoms with Gasteiger partial charge in [0.1, 0.15) is 0 Å². The van der Waals surface area contributed by atoms with Crippen LogP contribution in [0.1, 0.15) is 6.92 Å². The van der Waals surface area contributed by atoms with Gasteiger partial charge in [-0.05, 0) is 19.4 Å². The molecule has 0 spiro atoms. The van der Waals surface area contributed by atoms with Gasteiger partial charge >= 0.3 is 0 Å². The SMILES string of the molecule is C=C=N/C=C\C. The molecule has 32 valence electrons. The van der Waals surface area contributed by atoms with E-state index < -0.39 is 0 Å². The van der Waals surface area contributed by atoms with Crippen molar-refractivity contribution in [2.75, 3.05) is 0 Å². The van der Waals surface area contributed by atoms with Crippen molar-refractivity contribution >= 4 is 5.87 Å². The molecule has 1 nitrogen and oxygen atoms in total. The highest BCUT2D eigenvalue weighted by Crippen LogP contribution is 1.64. The van der Waals surface area contributed by atoms with Crippen LogP contribution in [0.25, 0.3) is 0 Å². The Kier molecular flexibility index (Phi) is 3.62. The highest BCUT2D eigenvalue weighted by atomic mass is 14.6. The predicted octanol–water partition coefficient (Wildman–Crippen LogP) is 1.38. The van der Waals surface area contributed by atoms with Crippen molar-refractivity contribution in [3.63, 3.8) is 0 Å². The van der Waals surface area contributed by atoms with E-state index in [1.54, 1.807) is 6.20 Å². The van der Waals surface area contributed by atoms with E-state index in [2.05, 4.69) is 17.4 Å². The highest BCUT2D eigenvalue weighted by Gasteiger charge is 1.45. The first-order valence-electron chi connectivity index (χ1n) is 1.75. The quantitative estimate of drug-likeness (QED) is 0.423. The fraction of sp³-hybridized carbons (Fsp3) is 0.200. The zero-order chi connectivity index (χ0) is 4.83. The van der Waals surface area contributed by atoms with Gasteiger partial charge < -0.3 is 0 Å². The van der Waals surface area contributed by atoms with Crippen molar-refractivity contribution in [3.05, 3.63) is 18.9 Å². The number of nitrogens with zero attached hydrogens (tertiary/aromatic N) is 1. The molecule has 0 aliphatic heterocycles. The molecule has 0 aliphatic rings. The maximum absolute atomic E-state index is 3.55. The van der Waals surface area contributed by atoms with Crippen molar-refractivity contribution in [2.45, 2.75) is 6.92 Å². The molecule has 0 saturated heterocycles. The van der Waals surface area contributed by atoms with E-state index in [-0.39, 0.29) is 0 Å². The molecule has 1 heteroatoms. The summed E-state index contributed by atoms with van der Waals surface area (Å²) in [5.74, 6) is 2.36. The molecular formula is C5H7N. The molecule has 0 atom stereocenters.